The van der Waals surface area contributed by atoms with Crippen LogP contribution in [0.3, 0.4) is 0 Å². The van der Waals surface area contributed by atoms with Crippen molar-refractivity contribution >= 4 is 93.5 Å². The summed E-state index contributed by atoms with van der Waals surface area (Å²) in [6.07, 6.45) is 1.00. The smallest absolute Gasteiger partial charge is 0.414 e. The van der Waals surface area contributed by atoms with Crippen molar-refractivity contribution in [3.8, 4) is 11.5 Å². The molecule has 0 bridgehead atoms. The lowest BCUT2D eigenvalue weighted by atomic mass is 10.2. The Morgan fingerprint density at radius 2 is 0.881 bits per heavy atom. The van der Waals surface area contributed by atoms with E-state index < -0.39 is 23.9 Å². The summed E-state index contributed by atoms with van der Waals surface area (Å²) >= 11 is 34.9. The summed E-state index contributed by atoms with van der Waals surface area (Å²) < 4.78 is 10.8. The number of aliphatic carboxylic acids is 2. The van der Waals surface area contributed by atoms with Gasteiger partial charge in [-0.05, 0) is 37.1 Å². The molecule has 4 unspecified atom stereocenters. The molecule has 2 aromatic rings. The standard InChI is InChI=1S/2C12H13Cl3O3.C2H2O4/c2*13-6-8(14)5-9(15)7-18-11-4-2-1-3-10(11)12(16)17;3-1(4)2(5)6/h2*1-4,8-9H,5-7H2,(H,16,17);(H,3,4)(H,5,6). The van der Waals surface area contributed by atoms with Crippen molar-refractivity contribution in [3.05, 3.63) is 59.7 Å². The Hall–Kier alpha value is -2.34. The lowest BCUT2D eigenvalue weighted by Crippen LogP contribution is -2.18. The van der Waals surface area contributed by atoms with Crippen molar-refractivity contribution in [2.75, 3.05) is 25.0 Å². The van der Waals surface area contributed by atoms with Crippen LogP contribution in [0, 0.1) is 0 Å². The zero-order valence-corrected chi connectivity index (χ0v) is 26.2. The van der Waals surface area contributed by atoms with Crippen molar-refractivity contribution in [1.29, 1.82) is 0 Å². The van der Waals surface area contributed by atoms with E-state index in [0.29, 0.717) is 36.1 Å². The van der Waals surface area contributed by atoms with E-state index in [9.17, 15) is 9.59 Å². The minimum atomic E-state index is -1.82. The van der Waals surface area contributed by atoms with Gasteiger partial charge in [0.25, 0.3) is 0 Å². The molecule has 0 aliphatic carbocycles. The fraction of sp³-hybridized carbons (Fsp3) is 0.385. The molecule has 42 heavy (non-hydrogen) atoms. The van der Waals surface area contributed by atoms with Gasteiger partial charge in [0, 0.05) is 22.5 Å². The number of carbonyl (C=O) groups is 4. The van der Waals surface area contributed by atoms with Gasteiger partial charge in [-0.2, -0.15) is 0 Å². The van der Waals surface area contributed by atoms with Gasteiger partial charge in [0.1, 0.15) is 35.8 Å². The average molecular weight is 713 g/mol. The SMILES string of the molecule is O=C(O)C(=O)O.O=C(O)c1ccccc1OCC(Cl)CC(Cl)CCl.O=C(O)c1ccccc1OCC(Cl)CC(Cl)CCl. The molecule has 4 atom stereocenters. The molecule has 2 rings (SSSR count). The van der Waals surface area contributed by atoms with Crippen LogP contribution in [0.4, 0.5) is 0 Å². The highest BCUT2D eigenvalue weighted by Gasteiger charge is 2.16. The van der Waals surface area contributed by atoms with E-state index in [2.05, 4.69) is 0 Å². The summed E-state index contributed by atoms with van der Waals surface area (Å²) in [6.45, 7) is 0.373. The minimum absolute atomic E-state index is 0.112. The molecule has 2 aromatic carbocycles. The number of rotatable bonds is 14. The van der Waals surface area contributed by atoms with Crippen LogP contribution in [-0.4, -0.2) is 90.8 Å². The number of carboxylic acids is 4. The van der Waals surface area contributed by atoms with Gasteiger partial charge in [-0.15, -0.1) is 69.6 Å². The number of ether oxygens (including phenoxy) is 2. The van der Waals surface area contributed by atoms with Crippen LogP contribution in [0.25, 0.3) is 0 Å². The molecule has 0 saturated carbocycles. The first-order valence-electron chi connectivity index (χ1n) is 11.8. The van der Waals surface area contributed by atoms with E-state index in [1.807, 2.05) is 0 Å². The van der Waals surface area contributed by atoms with E-state index in [4.69, 9.17) is 109 Å². The van der Waals surface area contributed by atoms with E-state index in [1.54, 1.807) is 36.4 Å². The van der Waals surface area contributed by atoms with Crippen LogP contribution < -0.4 is 9.47 Å². The fourth-order valence-electron chi connectivity index (χ4n) is 2.72. The Labute approximate surface area is 271 Å². The molecule has 16 heteroatoms. The zero-order valence-electron chi connectivity index (χ0n) is 21.7. The molecule has 0 heterocycles. The highest BCUT2D eigenvalue weighted by Crippen LogP contribution is 2.21. The summed E-state index contributed by atoms with van der Waals surface area (Å²) in [5.41, 5.74) is 0.224. The highest BCUT2D eigenvalue weighted by molar-refractivity contribution is 6.29. The molecule has 0 aliphatic rings. The van der Waals surface area contributed by atoms with Crippen LogP contribution in [-0.2, 0) is 9.59 Å². The molecular formula is C26H28Cl6O10. The second-order valence-electron chi connectivity index (χ2n) is 8.00. The molecule has 0 radical (unpaired) electrons. The summed E-state index contributed by atoms with van der Waals surface area (Å²) in [4.78, 5) is 40.1. The van der Waals surface area contributed by atoms with Crippen molar-refractivity contribution in [3.63, 3.8) is 0 Å². The van der Waals surface area contributed by atoms with Gasteiger partial charge in [0.15, 0.2) is 0 Å². The summed E-state index contributed by atoms with van der Waals surface area (Å²) in [5, 5.41) is 31.7. The monoisotopic (exact) mass is 710 g/mol. The highest BCUT2D eigenvalue weighted by atomic mass is 35.5. The molecule has 234 valence electrons. The Kier molecular flexibility index (Phi) is 21.0. The molecule has 4 N–H and O–H groups in total. The van der Waals surface area contributed by atoms with Gasteiger partial charge in [0.05, 0.1) is 10.8 Å². The number of benzene rings is 2. The first kappa shape index (κ1) is 39.7. The number of para-hydroxylation sites is 2. The average Bonchev–Trinajstić information content (AvgIpc) is 2.95. The van der Waals surface area contributed by atoms with E-state index in [-0.39, 0.29) is 45.8 Å². The topological polar surface area (TPSA) is 168 Å². The van der Waals surface area contributed by atoms with Crippen molar-refractivity contribution < 1.29 is 49.1 Å². The van der Waals surface area contributed by atoms with Crippen LogP contribution in [0.1, 0.15) is 33.6 Å². The Bertz CT molecular complexity index is 1050. The van der Waals surface area contributed by atoms with Crippen LogP contribution in [0.2, 0.25) is 0 Å². The first-order chi connectivity index (χ1) is 19.7. The van der Waals surface area contributed by atoms with E-state index >= 15 is 0 Å². The second kappa shape index (κ2) is 22.2. The Morgan fingerprint density at radius 1 is 0.571 bits per heavy atom. The predicted molar refractivity (Wildman–Crippen MR) is 162 cm³/mol. The zero-order chi connectivity index (χ0) is 32.2. The van der Waals surface area contributed by atoms with Gasteiger partial charge in [-0.25, -0.2) is 19.2 Å². The maximum Gasteiger partial charge on any atom is 0.414 e. The summed E-state index contributed by atoms with van der Waals surface area (Å²) in [5.74, 6) is -4.49. The largest absolute Gasteiger partial charge is 0.491 e. The molecule has 0 saturated heterocycles. The maximum absolute atomic E-state index is 10.9. The molecule has 0 amide bonds. The van der Waals surface area contributed by atoms with Gasteiger partial charge in [-0.1, -0.05) is 24.3 Å². The molecule has 0 aliphatic heterocycles. The third-order valence-electron chi connectivity index (χ3n) is 4.62. The number of halogens is 6. The number of alkyl halides is 6. The molecular weight excluding hydrogens is 685 g/mol. The number of aromatic carboxylic acids is 2. The third-order valence-corrected chi connectivity index (χ3v) is 6.95. The van der Waals surface area contributed by atoms with E-state index in [0.717, 1.165) is 0 Å². The number of carboxylic acid groups (broad SMARTS) is 4. The normalized spacial score (nSPS) is 13.0. The van der Waals surface area contributed by atoms with Crippen molar-refractivity contribution in [2.45, 2.75) is 34.3 Å². The number of hydrogen-bond acceptors (Lipinski definition) is 6. The number of hydrogen-bond donors (Lipinski definition) is 4. The van der Waals surface area contributed by atoms with Gasteiger partial charge < -0.3 is 29.9 Å². The summed E-state index contributed by atoms with van der Waals surface area (Å²) in [6, 6.07) is 12.8. The maximum atomic E-state index is 10.9. The van der Waals surface area contributed by atoms with Crippen LogP contribution in [0.5, 0.6) is 11.5 Å². The van der Waals surface area contributed by atoms with Crippen LogP contribution >= 0.6 is 69.6 Å². The minimum Gasteiger partial charge on any atom is -0.491 e. The van der Waals surface area contributed by atoms with Crippen LogP contribution in [0.15, 0.2) is 48.5 Å². The lowest BCUT2D eigenvalue weighted by Gasteiger charge is -2.14. The molecule has 0 aromatic heterocycles. The quantitative estimate of drug-likeness (QED) is 0.128. The Balaban J connectivity index is 0.000000672. The predicted octanol–water partition coefficient (Wildman–Crippen LogP) is 6.37. The third kappa shape index (κ3) is 17.6. The second-order valence-corrected chi connectivity index (χ2v) is 11.1. The van der Waals surface area contributed by atoms with Crippen molar-refractivity contribution in [2.24, 2.45) is 0 Å². The molecule has 0 spiro atoms. The van der Waals surface area contributed by atoms with Crippen molar-refractivity contribution in [1.82, 2.24) is 0 Å². The fourth-order valence-corrected chi connectivity index (χ4v) is 4.14. The molecule has 10 nitrogen and oxygen atoms in total. The molecule has 0 fully saturated rings. The van der Waals surface area contributed by atoms with Gasteiger partial charge in [-0.3, -0.25) is 0 Å². The summed E-state index contributed by atoms with van der Waals surface area (Å²) in [7, 11) is 0. The van der Waals surface area contributed by atoms with Gasteiger partial charge in [0.2, 0.25) is 0 Å². The Morgan fingerprint density at radius 3 is 1.14 bits per heavy atom. The van der Waals surface area contributed by atoms with E-state index in [1.165, 1.54) is 12.1 Å². The lowest BCUT2D eigenvalue weighted by molar-refractivity contribution is -0.159. The van der Waals surface area contributed by atoms with Gasteiger partial charge >= 0.3 is 23.9 Å². The first-order valence-corrected chi connectivity index (χ1v) is 14.6.